The van der Waals surface area contributed by atoms with Crippen molar-refractivity contribution in [3.05, 3.63) is 36.4 Å². The van der Waals surface area contributed by atoms with Crippen molar-refractivity contribution in [2.24, 2.45) is 0 Å². The van der Waals surface area contributed by atoms with E-state index in [1.54, 1.807) is 12.1 Å². The van der Waals surface area contributed by atoms with Gasteiger partial charge in [0.15, 0.2) is 0 Å². The maximum Gasteiger partial charge on any atom is 0.263 e. The van der Waals surface area contributed by atoms with Crippen LogP contribution in [-0.2, 0) is 0 Å². The maximum absolute atomic E-state index is 13.1. The van der Waals surface area contributed by atoms with Crippen LogP contribution in [-0.4, -0.2) is 28.2 Å². The molecule has 0 radical (unpaired) electrons. The highest BCUT2D eigenvalue weighted by molar-refractivity contribution is 5.97. The minimum absolute atomic E-state index is 0.275. The summed E-state index contributed by atoms with van der Waals surface area (Å²) >= 11 is 0. The number of benzene rings is 1. The fourth-order valence-corrected chi connectivity index (χ4v) is 2.75. The van der Waals surface area contributed by atoms with Crippen LogP contribution in [0.4, 0.5) is 10.2 Å². The third-order valence-electron chi connectivity index (χ3n) is 3.78. The molecule has 21 heavy (non-hydrogen) atoms. The zero-order valence-corrected chi connectivity index (χ0v) is 11.3. The van der Waals surface area contributed by atoms with Crippen LogP contribution in [0.25, 0.3) is 22.4 Å². The zero-order valence-electron chi connectivity index (χ0n) is 11.3. The second-order valence-corrected chi connectivity index (χ2v) is 5.11. The molecule has 1 aliphatic heterocycles. The van der Waals surface area contributed by atoms with Gasteiger partial charge in [0.2, 0.25) is 0 Å². The van der Waals surface area contributed by atoms with Crippen LogP contribution < -0.4 is 4.90 Å². The van der Waals surface area contributed by atoms with E-state index in [0.29, 0.717) is 11.4 Å². The normalized spacial score (nSPS) is 15.0. The molecule has 5 nitrogen and oxygen atoms in total. The summed E-state index contributed by atoms with van der Waals surface area (Å²) in [6, 6.07) is 6.20. The van der Waals surface area contributed by atoms with E-state index in [9.17, 15) is 4.39 Å². The number of halogens is 1. The smallest absolute Gasteiger partial charge is 0.263 e. The molecule has 0 aliphatic carbocycles. The average molecular weight is 284 g/mol. The van der Waals surface area contributed by atoms with E-state index in [-0.39, 0.29) is 5.82 Å². The van der Waals surface area contributed by atoms with Crippen molar-refractivity contribution in [1.29, 1.82) is 0 Å². The monoisotopic (exact) mass is 284 g/mol. The van der Waals surface area contributed by atoms with E-state index in [4.69, 9.17) is 4.52 Å². The van der Waals surface area contributed by atoms with Crippen molar-refractivity contribution >= 4 is 16.9 Å². The van der Waals surface area contributed by atoms with E-state index in [0.717, 1.165) is 42.7 Å². The second kappa shape index (κ2) is 4.80. The second-order valence-electron chi connectivity index (χ2n) is 5.11. The molecule has 1 saturated heterocycles. The standard InChI is InChI=1S/C15H13FN4O/c16-11-5-3-10(4-6-11)13-12-14(20-7-1-2-8-20)17-9-18-15(12)21-19-13/h3-6,9H,1-2,7-8H2. The molecule has 0 bridgehead atoms. The molecule has 2 aromatic heterocycles. The van der Waals surface area contributed by atoms with Crippen molar-refractivity contribution in [2.75, 3.05) is 18.0 Å². The molecule has 1 aliphatic rings. The molecule has 0 amide bonds. The van der Waals surface area contributed by atoms with Crippen molar-refractivity contribution in [1.82, 2.24) is 15.1 Å². The number of hydrogen-bond acceptors (Lipinski definition) is 5. The fourth-order valence-electron chi connectivity index (χ4n) is 2.75. The van der Waals surface area contributed by atoms with Crippen molar-refractivity contribution in [3.8, 4) is 11.3 Å². The minimum Gasteiger partial charge on any atom is -0.356 e. The first-order valence-corrected chi connectivity index (χ1v) is 6.94. The number of nitrogens with zero attached hydrogens (tertiary/aromatic N) is 4. The van der Waals surface area contributed by atoms with Gasteiger partial charge in [0.25, 0.3) is 5.71 Å². The molecule has 0 atom stereocenters. The summed E-state index contributed by atoms with van der Waals surface area (Å²) in [6.07, 6.45) is 3.81. The van der Waals surface area contributed by atoms with E-state index >= 15 is 0 Å². The van der Waals surface area contributed by atoms with Gasteiger partial charge >= 0.3 is 0 Å². The van der Waals surface area contributed by atoms with E-state index < -0.39 is 0 Å². The summed E-state index contributed by atoms with van der Waals surface area (Å²) in [5.74, 6) is 0.570. The molecule has 0 unspecified atom stereocenters. The molecular formula is C15H13FN4O. The Kier molecular flexibility index (Phi) is 2.80. The summed E-state index contributed by atoms with van der Waals surface area (Å²) in [6.45, 7) is 1.94. The maximum atomic E-state index is 13.1. The molecule has 1 fully saturated rings. The predicted molar refractivity (Wildman–Crippen MR) is 76.4 cm³/mol. The van der Waals surface area contributed by atoms with Gasteiger partial charge in [0, 0.05) is 18.7 Å². The molecule has 3 heterocycles. The Bertz CT molecular complexity index is 778. The average Bonchev–Trinajstić information content (AvgIpc) is 3.17. The van der Waals surface area contributed by atoms with Gasteiger partial charge in [0.1, 0.15) is 29.0 Å². The zero-order chi connectivity index (χ0) is 14.2. The largest absolute Gasteiger partial charge is 0.356 e. The number of hydrogen-bond donors (Lipinski definition) is 0. The van der Waals surface area contributed by atoms with Crippen LogP contribution in [0.3, 0.4) is 0 Å². The van der Waals surface area contributed by atoms with Gasteiger partial charge in [-0.15, -0.1) is 0 Å². The molecule has 0 N–H and O–H groups in total. The van der Waals surface area contributed by atoms with Gasteiger partial charge < -0.3 is 9.42 Å². The van der Waals surface area contributed by atoms with Crippen molar-refractivity contribution in [3.63, 3.8) is 0 Å². The summed E-state index contributed by atoms with van der Waals surface area (Å²) < 4.78 is 18.4. The Morgan fingerprint density at radius 3 is 2.57 bits per heavy atom. The van der Waals surface area contributed by atoms with Gasteiger partial charge in [-0.3, -0.25) is 0 Å². The van der Waals surface area contributed by atoms with Crippen LogP contribution in [0, 0.1) is 5.82 Å². The van der Waals surface area contributed by atoms with E-state index in [1.807, 2.05) is 0 Å². The van der Waals surface area contributed by atoms with Crippen LogP contribution in [0.1, 0.15) is 12.8 Å². The lowest BCUT2D eigenvalue weighted by atomic mass is 10.1. The molecule has 0 saturated carbocycles. The summed E-state index contributed by atoms with van der Waals surface area (Å²) in [4.78, 5) is 10.8. The Hall–Kier alpha value is -2.50. The molecule has 106 valence electrons. The molecular weight excluding hydrogens is 271 g/mol. The highest BCUT2D eigenvalue weighted by atomic mass is 19.1. The van der Waals surface area contributed by atoms with E-state index in [1.165, 1.54) is 18.5 Å². The molecule has 0 spiro atoms. The number of aromatic nitrogens is 3. The predicted octanol–water partition coefficient (Wildman–Crippen LogP) is 3.02. The molecule has 4 rings (SSSR count). The lowest BCUT2D eigenvalue weighted by Gasteiger charge is -2.16. The third kappa shape index (κ3) is 2.03. The summed E-state index contributed by atoms with van der Waals surface area (Å²) in [7, 11) is 0. The van der Waals surface area contributed by atoms with Crippen LogP contribution in [0.2, 0.25) is 0 Å². The Morgan fingerprint density at radius 2 is 1.81 bits per heavy atom. The molecule has 6 heteroatoms. The number of anilines is 1. The first kappa shape index (κ1) is 12.3. The van der Waals surface area contributed by atoms with E-state index in [2.05, 4.69) is 20.0 Å². The fraction of sp³-hybridized carbons (Fsp3) is 0.267. The first-order chi connectivity index (χ1) is 10.3. The SMILES string of the molecule is Fc1ccc(-c2noc3ncnc(N4CCCC4)c23)cc1. The summed E-state index contributed by atoms with van der Waals surface area (Å²) in [5, 5.41) is 4.90. The van der Waals surface area contributed by atoms with Gasteiger partial charge in [0.05, 0.1) is 0 Å². The van der Waals surface area contributed by atoms with Crippen LogP contribution in [0.5, 0.6) is 0 Å². The topological polar surface area (TPSA) is 55.1 Å². The lowest BCUT2D eigenvalue weighted by Crippen LogP contribution is -2.19. The Labute approximate surface area is 120 Å². The first-order valence-electron chi connectivity index (χ1n) is 6.94. The summed E-state index contributed by atoms with van der Waals surface area (Å²) in [5.41, 5.74) is 1.92. The Morgan fingerprint density at radius 1 is 1.05 bits per heavy atom. The highest BCUT2D eigenvalue weighted by Crippen LogP contribution is 2.34. The van der Waals surface area contributed by atoms with Crippen molar-refractivity contribution in [2.45, 2.75) is 12.8 Å². The molecule has 3 aromatic rings. The van der Waals surface area contributed by atoms with Gasteiger partial charge in [-0.1, -0.05) is 5.16 Å². The van der Waals surface area contributed by atoms with Gasteiger partial charge in [-0.25, -0.2) is 9.37 Å². The third-order valence-corrected chi connectivity index (χ3v) is 3.78. The highest BCUT2D eigenvalue weighted by Gasteiger charge is 2.22. The lowest BCUT2D eigenvalue weighted by molar-refractivity contribution is 0.451. The minimum atomic E-state index is -0.275. The van der Waals surface area contributed by atoms with Gasteiger partial charge in [-0.2, -0.15) is 4.98 Å². The number of fused-ring (bicyclic) bond motifs is 1. The van der Waals surface area contributed by atoms with Gasteiger partial charge in [-0.05, 0) is 37.1 Å². The van der Waals surface area contributed by atoms with Crippen LogP contribution in [0.15, 0.2) is 35.1 Å². The van der Waals surface area contributed by atoms with Crippen LogP contribution >= 0.6 is 0 Å². The number of rotatable bonds is 2. The Balaban J connectivity index is 1.91. The quantitative estimate of drug-likeness (QED) is 0.724. The molecule has 1 aromatic carbocycles. The van der Waals surface area contributed by atoms with Crippen molar-refractivity contribution < 1.29 is 8.91 Å².